The number of halogens is 1. The van der Waals surface area contributed by atoms with Crippen LogP contribution in [0, 0.1) is 0 Å². The Morgan fingerprint density at radius 1 is 0.629 bits per heavy atom. The zero-order valence-corrected chi connectivity index (χ0v) is 22.9. The second-order valence-electron chi connectivity index (χ2n) is 9.59. The maximum Gasteiger partial charge on any atom is 0.306 e. The molecule has 35 heavy (non-hydrogen) atoms. The molecule has 0 unspecified atom stereocenters. The van der Waals surface area contributed by atoms with Gasteiger partial charge in [-0.1, -0.05) is 133 Å². The number of carbonyl (C=O) groups is 2. The van der Waals surface area contributed by atoms with Crippen molar-refractivity contribution in [2.24, 2.45) is 0 Å². The van der Waals surface area contributed by atoms with Gasteiger partial charge in [-0.05, 0) is 18.1 Å². The molecular weight excluding hydrogens is 460 g/mol. The van der Waals surface area contributed by atoms with Gasteiger partial charge in [0.25, 0.3) is 0 Å². The van der Waals surface area contributed by atoms with Gasteiger partial charge in [0.2, 0.25) is 0 Å². The van der Waals surface area contributed by atoms with Crippen molar-refractivity contribution >= 4 is 23.5 Å². The summed E-state index contributed by atoms with van der Waals surface area (Å²) in [5.41, 5.74) is 0.945. The molecule has 0 bridgehead atoms. The highest BCUT2D eigenvalue weighted by Crippen LogP contribution is 2.16. The van der Waals surface area contributed by atoms with Crippen LogP contribution in [0.3, 0.4) is 0 Å². The van der Waals surface area contributed by atoms with Gasteiger partial charge in [-0.2, -0.15) is 0 Å². The minimum absolute atomic E-state index is 0.0559. The fourth-order valence-electron chi connectivity index (χ4n) is 4.16. The zero-order chi connectivity index (χ0) is 25.4. The van der Waals surface area contributed by atoms with E-state index in [1.807, 2.05) is 24.3 Å². The number of carbonyl (C=O) groups excluding carboxylic acids is 2. The van der Waals surface area contributed by atoms with Crippen LogP contribution in [0.5, 0.6) is 0 Å². The number of esters is 2. The Kier molecular flexibility index (Phi) is 20.6. The molecule has 0 aliphatic carbocycles. The van der Waals surface area contributed by atoms with Crippen molar-refractivity contribution in [3.8, 4) is 0 Å². The molecule has 0 aromatic heterocycles. The quantitative estimate of drug-likeness (QED) is 0.109. The first kappa shape index (κ1) is 31.5. The third-order valence-electron chi connectivity index (χ3n) is 6.39. The minimum atomic E-state index is -0.378. The average Bonchev–Trinajstić information content (AvgIpc) is 2.86. The van der Waals surface area contributed by atoms with Crippen LogP contribution < -0.4 is 0 Å². The van der Waals surface area contributed by atoms with Crippen molar-refractivity contribution in [3.63, 3.8) is 0 Å². The van der Waals surface area contributed by atoms with Crippen molar-refractivity contribution in [1.29, 1.82) is 0 Å². The number of unbranched alkanes of at least 4 members (excludes halogenated alkanes) is 15. The molecule has 0 N–H and O–H groups in total. The largest absolute Gasteiger partial charge is 0.466 e. The highest BCUT2D eigenvalue weighted by atomic mass is 35.5. The Morgan fingerprint density at radius 3 is 1.54 bits per heavy atom. The van der Waals surface area contributed by atoms with E-state index in [2.05, 4.69) is 6.92 Å². The highest BCUT2D eigenvalue weighted by Gasteiger charge is 2.09. The first-order valence-electron chi connectivity index (χ1n) is 14.2. The van der Waals surface area contributed by atoms with Gasteiger partial charge in [-0.15, -0.1) is 0 Å². The van der Waals surface area contributed by atoms with E-state index >= 15 is 0 Å². The fraction of sp³-hybridized carbons (Fsp3) is 0.733. The first-order valence-corrected chi connectivity index (χ1v) is 14.6. The minimum Gasteiger partial charge on any atom is -0.466 e. The predicted octanol–water partition coefficient (Wildman–Crippen LogP) is 9.01. The van der Waals surface area contributed by atoms with E-state index in [0.717, 1.165) is 18.4 Å². The van der Waals surface area contributed by atoms with E-state index < -0.39 is 0 Å². The number of hydrogen-bond donors (Lipinski definition) is 0. The van der Waals surface area contributed by atoms with Crippen LogP contribution in [-0.4, -0.2) is 25.2 Å². The van der Waals surface area contributed by atoms with Gasteiger partial charge in [0, 0.05) is 11.4 Å². The van der Waals surface area contributed by atoms with E-state index in [1.165, 1.54) is 89.9 Å². The lowest BCUT2D eigenvalue weighted by molar-refractivity contribution is -0.150. The topological polar surface area (TPSA) is 52.6 Å². The van der Waals surface area contributed by atoms with Crippen molar-refractivity contribution < 1.29 is 19.1 Å². The second kappa shape index (κ2) is 22.9. The van der Waals surface area contributed by atoms with E-state index in [4.69, 9.17) is 21.1 Å². The molecule has 0 saturated carbocycles. The summed E-state index contributed by atoms with van der Waals surface area (Å²) < 4.78 is 10.4. The summed E-state index contributed by atoms with van der Waals surface area (Å²) >= 11 is 6.08. The van der Waals surface area contributed by atoms with Gasteiger partial charge < -0.3 is 9.47 Å². The highest BCUT2D eigenvalue weighted by molar-refractivity contribution is 6.31. The van der Waals surface area contributed by atoms with Gasteiger partial charge in [-0.25, -0.2) is 0 Å². The molecule has 0 fully saturated rings. The fourth-order valence-corrected chi connectivity index (χ4v) is 4.39. The number of ether oxygens (including phenoxy) is 2. The second-order valence-corrected chi connectivity index (χ2v) is 9.99. The molecule has 1 aromatic rings. The molecule has 0 spiro atoms. The standard InChI is InChI=1S/C30H49ClO4/c1-2-3-4-5-6-7-8-9-10-11-12-13-14-15-16-19-25-34-29(32)22-23-30(33)35-26-24-27-20-17-18-21-28(27)31/h17-18,20-21H,2-16,19,22-26H2,1H3. The van der Waals surface area contributed by atoms with Crippen molar-refractivity contribution in [2.45, 2.75) is 129 Å². The third-order valence-corrected chi connectivity index (χ3v) is 6.76. The van der Waals surface area contributed by atoms with Crippen LogP contribution in [0.2, 0.25) is 5.02 Å². The molecule has 0 radical (unpaired) electrons. The summed E-state index contributed by atoms with van der Waals surface area (Å²) in [6.45, 7) is 2.98. The molecule has 1 rings (SSSR count). The van der Waals surface area contributed by atoms with Crippen molar-refractivity contribution in [3.05, 3.63) is 34.9 Å². The molecule has 4 nitrogen and oxygen atoms in total. The van der Waals surface area contributed by atoms with Crippen LogP contribution in [-0.2, 0) is 25.5 Å². The van der Waals surface area contributed by atoms with Crippen LogP contribution in [0.25, 0.3) is 0 Å². The lowest BCUT2D eigenvalue weighted by atomic mass is 10.0. The van der Waals surface area contributed by atoms with Gasteiger partial charge in [0.15, 0.2) is 0 Å². The summed E-state index contributed by atoms with van der Waals surface area (Å²) in [4.78, 5) is 23.6. The van der Waals surface area contributed by atoms with Crippen LogP contribution in [0.1, 0.15) is 128 Å². The van der Waals surface area contributed by atoms with E-state index in [9.17, 15) is 9.59 Å². The monoisotopic (exact) mass is 508 g/mol. The lowest BCUT2D eigenvalue weighted by Gasteiger charge is -2.07. The molecule has 0 atom stereocenters. The molecule has 0 aliphatic rings. The summed E-state index contributed by atoms with van der Waals surface area (Å²) in [7, 11) is 0. The van der Waals surface area contributed by atoms with Gasteiger partial charge in [-0.3, -0.25) is 9.59 Å². The molecule has 0 saturated heterocycles. The zero-order valence-electron chi connectivity index (χ0n) is 22.2. The number of hydrogen-bond acceptors (Lipinski definition) is 4. The Hall–Kier alpha value is -1.55. The van der Waals surface area contributed by atoms with Crippen LogP contribution in [0.4, 0.5) is 0 Å². The summed E-state index contributed by atoms with van der Waals surface area (Å²) in [5, 5.41) is 0.668. The maximum absolute atomic E-state index is 11.8. The summed E-state index contributed by atoms with van der Waals surface area (Å²) in [6, 6.07) is 7.49. The normalized spacial score (nSPS) is 10.9. The number of benzene rings is 1. The summed E-state index contributed by atoms with van der Waals surface area (Å²) in [6.07, 6.45) is 21.8. The van der Waals surface area contributed by atoms with Gasteiger partial charge in [0.05, 0.1) is 26.1 Å². The van der Waals surface area contributed by atoms with E-state index in [-0.39, 0.29) is 31.4 Å². The molecular formula is C30H49ClO4. The third kappa shape index (κ3) is 19.3. The molecule has 0 amide bonds. The Labute approximate surface area is 219 Å². The van der Waals surface area contributed by atoms with Crippen molar-refractivity contribution in [2.75, 3.05) is 13.2 Å². The Balaban J connectivity index is 1.81. The molecule has 5 heteroatoms. The molecule has 200 valence electrons. The molecule has 1 aromatic carbocycles. The maximum atomic E-state index is 11.8. The first-order chi connectivity index (χ1) is 17.1. The summed E-state index contributed by atoms with van der Waals surface area (Å²) in [5.74, 6) is -0.703. The van der Waals surface area contributed by atoms with E-state index in [0.29, 0.717) is 18.1 Å². The van der Waals surface area contributed by atoms with Gasteiger partial charge >= 0.3 is 11.9 Å². The molecule has 0 heterocycles. The van der Waals surface area contributed by atoms with Crippen LogP contribution in [0.15, 0.2) is 24.3 Å². The SMILES string of the molecule is CCCCCCCCCCCCCCCCCCOC(=O)CCC(=O)OCCc1ccccc1Cl. The van der Waals surface area contributed by atoms with Gasteiger partial charge in [0.1, 0.15) is 0 Å². The Morgan fingerprint density at radius 2 is 1.06 bits per heavy atom. The van der Waals surface area contributed by atoms with E-state index in [1.54, 1.807) is 0 Å². The smallest absolute Gasteiger partial charge is 0.306 e. The van der Waals surface area contributed by atoms with Crippen LogP contribution >= 0.6 is 11.6 Å². The lowest BCUT2D eigenvalue weighted by Crippen LogP contribution is -2.12. The average molecular weight is 509 g/mol. The predicted molar refractivity (Wildman–Crippen MR) is 146 cm³/mol. The Bertz CT molecular complexity index is 662. The van der Waals surface area contributed by atoms with Crippen molar-refractivity contribution in [1.82, 2.24) is 0 Å². The molecule has 0 aliphatic heterocycles. The number of rotatable bonds is 23.